The van der Waals surface area contributed by atoms with Crippen LogP contribution < -0.4 is 4.90 Å². The van der Waals surface area contributed by atoms with Gasteiger partial charge >= 0.3 is 11.9 Å². The minimum atomic E-state index is -0.489. The topological polar surface area (TPSA) is 72.9 Å². The molecule has 0 unspecified atom stereocenters. The van der Waals surface area contributed by atoms with Crippen LogP contribution in [0, 0.1) is 5.92 Å². The van der Waals surface area contributed by atoms with E-state index in [9.17, 15) is 14.4 Å². The molecule has 0 N–H and O–H groups in total. The third-order valence-electron chi connectivity index (χ3n) is 5.59. The zero-order chi connectivity index (χ0) is 21.7. The largest absolute Gasteiger partial charge is 0.465 e. The molecule has 0 spiro atoms. The van der Waals surface area contributed by atoms with Crippen molar-refractivity contribution in [2.75, 3.05) is 18.6 Å². The number of hydrogen-bond donors (Lipinski definition) is 0. The van der Waals surface area contributed by atoms with E-state index in [4.69, 9.17) is 4.74 Å². The molecule has 2 aromatic carbocycles. The molecule has 1 aliphatic rings. The first-order valence-corrected chi connectivity index (χ1v) is 10.2. The third-order valence-corrected chi connectivity index (χ3v) is 5.59. The number of amides is 1. The molecule has 6 nitrogen and oxygen atoms in total. The van der Waals surface area contributed by atoms with Crippen LogP contribution in [0.3, 0.4) is 0 Å². The van der Waals surface area contributed by atoms with Gasteiger partial charge in [-0.2, -0.15) is 0 Å². The van der Waals surface area contributed by atoms with Gasteiger partial charge in [0.25, 0.3) is 0 Å². The molecule has 0 saturated carbocycles. The monoisotopic (exact) mass is 409 g/mol. The molecule has 30 heavy (non-hydrogen) atoms. The Morgan fingerprint density at radius 3 is 2.50 bits per heavy atom. The maximum Gasteiger partial charge on any atom is 0.337 e. The van der Waals surface area contributed by atoms with Crippen LogP contribution in [0.4, 0.5) is 5.69 Å². The van der Waals surface area contributed by atoms with E-state index in [2.05, 4.69) is 18.6 Å². The minimum Gasteiger partial charge on any atom is -0.465 e. The smallest absolute Gasteiger partial charge is 0.337 e. The highest BCUT2D eigenvalue weighted by atomic mass is 16.5. The van der Waals surface area contributed by atoms with Crippen LogP contribution in [0.2, 0.25) is 0 Å². The summed E-state index contributed by atoms with van der Waals surface area (Å²) in [5.41, 5.74) is 3.20. The van der Waals surface area contributed by atoms with Crippen LogP contribution in [0.15, 0.2) is 48.5 Å². The molecule has 0 bridgehead atoms. The number of benzene rings is 2. The summed E-state index contributed by atoms with van der Waals surface area (Å²) in [6.45, 7) is 4.67. The average molecular weight is 409 g/mol. The lowest BCUT2D eigenvalue weighted by Crippen LogP contribution is -2.27. The van der Waals surface area contributed by atoms with E-state index < -0.39 is 11.9 Å². The van der Waals surface area contributed by atoms with Gasteiger partial charge in [0.1, 0.15) is 6.61 Å². The van der Waals surface area contributed by atoms with Gasteiger partial charge in [-0.15, -0.1) is 0 Å². The number of esters is 2. The number of para-hydroxylation sites is 1. The van der Waals surface area contributed by atoms with E-state index in [-0.39, 0.29) is 24.9 Å². The third kappa shape index (κ3) is 4.70. The van der Waals surface area contributed by atoms with Crippen molar-refractivity contribution >= 4 is 23.5 Å². The van der Waals surface area contributed by atoms with Crippen molar-refractivity contribution in [1.29, 1.82) is 0 Å². The Morgan fingerprint density at radius 1 is 1.13 bits per heavy atom. The molecule has 1 aliphatic heterocycles. The predicted molar refractivity (Wildman–Crippen MR) is 113 cm³/mol. The number of anilines is 1. The van der Waals surface area contributed by atoms with Crippen LogP contribution in [-0.4, -0.2) is 31.5 Å². The molecule has 1 saturated heterocycles. The van der Waals surface area contributed by atoms with Gasteiger partial charge in [0.2, 0.25) is 5.91 Å². The lowest BCUT2D eigenvalue weighted by atomic mass is 9.96. The van der Waals surface area contributed by atoms with Crippen molar-refractivity contribution in [2.45, 2.75) is 39.2 Å². The summed E-state index contributed by atoms with van der Waals surface area (Å²) < 4.78 is 10.1. The molecule has 6 heteroatoms. The standard InChI is InChI=1S/C24H27NO5/c1-4-16(2)20-7-5-6-8-21(20)25-14-19(13-22(25)26)24(28)30-15-17-9-11-18(12-10-17)23(27)29-3/h5-12,16,19H,4,13-15H2,1-3H3/t16-,19-/m1/s1. The zero-order valence-corrected chi connectivity index (χ0v) is 17.6. The van der Waals surface area contributed by atoms with E-state index in [1.165, 1.54) is 7.11 Å². The Hall–Kier alpha value is -3.15. The summed E-state index contributed by atoms with van der Waals surface area (Å²) >= 11 is 0. The van der Waals surface area contributed by atoms with Gasteiger partial charge in [-0.3, -0.25) is 9.59 Å². The molecule has 0 aromatic heterocycles. The zero-order valence-electron chi connectivity index (χ0n) is 17.6. The van der Waals surface area contributed by atoms with E-state index in [1.807, 2.05) is 24.3 Å². The summed E-state index contributed by atoms with van der Waals surface area (Å²) in [4.78, 5) is 38.4. The van der Waals surface area contributed by atoms with Gasteiger partial charge in [0.15, 0.2) is 0 Å². The summed E-state index contributed by atoms with van der Waals surface area (Å²) in [5, 5.41) is 0. The number of nitrogens with zero attached hydrogens (tertiary/aromatic N) is 1. The van der Waals surface area contributed by atoms with Crippen LogP contribution in [0.5, 0.6) is 0 Å². The maximum atomic E-state index is 12.6. The molecule has 158 valence electrons. The summed E-state index contributed by atoms with van der Waals surface area (Å²) in [5.74, 6) is -1.02. The van der Waals surface area contributed by atoms with Crippen molar-refractivity contribution < 1.29 is 23.9 Å². The number of rotatable bonds is 7. The predicted octanol–water partition coefficient (Wildman–Crippen LogP) is 4.08. The van der Waals surface area contributed by atoms with E-state index in [1.54, 1.807) is 29.2 Å². The van der Waals surface area contributed by atoms with Gasteiger partial charge in [0.05, 0.1) is 18.6 Å². The van der Waals surface area contributed by atoms with Crippen LogP contribution >= 0.6 is 0 Å². The number of ether oxygens (including phenoxy) is 2. The summed E-state index contributed by atoms with van der Waals surface area (Å²) in [7, 11) is 1.32. The lowest BCUT2D eigenvalue weighted by Gasteiger charge is -2.23. The van der Waals surface area contributed by atoms with Gasteiger partial charge in [-0.05, 0) is 41.7 Å². The van der Waals surface area contributed by atoms with Crippen LogP contribution in [0.25, 0.3) is 0 Å². The highest BCUT2D eigenvalue weighted by molar-refractivity contribution is 6.00. The van der Waals surface area contributed by atoms with Gasteiger partial charge < -0.3 is 14.4 Å². The molecule has 2 aromatic rings. The Balaban J connectivity index is 1.62. The molecule has 1 amide bonds. The second-order valence-corrected chi connectivity index (χ2v) is 7.57. The Labute approximate surface area is 176 Å². The normalized spacial score (nSPS) is 17.0. The number of carbonyl (C=O) groups excluding carboxylic acids is 3. The van der Waals surface area contributed by atoms with E-state index in [0.717, 1.165) is 23.2 Å². The molecule has 2 atom stereocenters. The fourth-order valence-corrected chi connectivity index (χ4v) is 3.60. The van der Waals surface area contributed by atoms with Crippen molar-refractivity contribution in [3.63, 3.8) is 0 Å². The van der Waals surface area contributed by atoms with Crippen LogP contribution in [0.1, 0.15) is 54.1 Å². The molecule has 1 heterocycles. The first-order chi connectivity index (χ1) is 14.4. The average Bonchev–Trinajstić information content (AvgIpc) is 3.18. The molecular formula is C24H27NO5. The van der Waals surface area contributed by atoms with Crippen LogP contribution in [-0.2, 0) is 25.7 Å². The van der Waals surface area contributed by atoms with Gasteiger partial charge in [-0.1, -0.05) is 44.2 Å². The highest BCUT2D eigenvalue weighted by Gasteiger charge is 2.37. The fourth-order valence-electron chi connectivity index (χ4n) is 3.60. The van der Waals surface area contributed by atoms with Gasteiger partial charge in [-0.25, -0.2) is 4.79 Å². The quantitative estimate of drug-likeness (QED) is 0.644. The second kappa shape index (κ2) is 9.57. The Morgan fingerprint density at radius 2 is 1.83 bits per heavy atom. The van der Waals surface area contributed by atoms with Gasteiger partial charge in [0, 0.05) is 18.7 Å². The molecule has 1 fully saturated rings. The van der Waals surface area contributed by atoms with E-state index >= 15 is 0 Å². The lowest BCUT2D eigenvalue weighted by molar-refractivity contribution is -0.149. The number of hydrogen-bond acceptors (Lipinski definition) is 5. The molecular weight excluding hydrogens is 382 g/mol. The van der Waals surface area contributed by atoms with Crippen molar-refractivity contribution in [2.24, 2.45) is 5.92 Å². The van der Waals surface area contributed by atoms with Crippen molar-refractivity contribution in [3.8, 4) is 0 Å². The SMILES string of the molecule is CC[C@@H](C)c1ccccc1N1C[C@H](C(=O)OCc2ccc(C(=O)OC)cc2)CC1=O. The van der Waals surface area contributed by atoms with Crippen molar-refractivity contribution in [1.82, 2.24) is 0 Å². The molecule has 0 aliphatic carbocycles. The Kier molecular flexibility index (Phi) is 6.87. The maximum absolute atomic E-state index is 12.6. The first kappa shape index (κ1) is 21.6. The first-order valence-electron chi connectivity index (χ1n) is 10.2. The number of carbonyl (C=O) groups is 3. The van der Waals surface area contributed by atoms with E-state index in [0.29, 0.717) is 18.0 Å². The summed E-state index contributed by atoms with van der Waals surface area (Å²) in [6.07, 6.45) is 1.12. The minimum absolute atomic E-state index is 0.0601. The number of methoxy groups -OCH3 is 1. The molecule has 0 radical (unpaired) electrons. The molecule has 3 rings (SSSR count). The second-order valence-electron chi connectivity index (χ2n) is 7.57. The van der Waals surface area contributed by atoms with Crippen molar-refractivity contribution in [3.05, 3.63) is 65.2 Å². The fraction of sp³-hybridized carbons (Fsp3) is 0.375. The Bertz CT molecular complexity index is 921. The summed E-state index contributed by atoms with van der Waals surface area (Å²) in [6, 6.07) is 14.6. The highest BCUT2D eigenvalue weighted by Crippen LogP contribution is 2.33.